The van der Waals surface area contributed by atoms with Crippen molar-refractivity contribution in [2.24, 2.45) is 0 Å². The molecule has 3 nitrogen and oxygen atoms in total. The number of nitrogens with one attached hydrogen (secondary N) is 1. The molecule has 88 valence electrons. The molecule has 0 amide bonds. The molecule has 0 aromatic rings. The van der Waals surface area contributed by atoms with Crippen molar-refractivity contribution in [3.05, 3.63) is 0 Å². The fraction of sp³-hybridized carbons (Fsp3) is 0.909. The number of aldehydes is 1. The lowest BCUT2D eigenvalue weighted by atomic mass is 10.2. The normalized spacial score (nSPS) is 25.7. The van der Waals surface area contributed by atoms with Crippen molar-refractivity contribution in [1.82, 2.24) is 5.32 Å². The Kier molecular flexibility index (Phi) is 6.52. The third-order valence-corrected chi connectivity index (χ3v) is 2.60. The Morgan fingerprint density at radius 2 is 2.27 bits per heavy atom. The van der Waals surface area contributed by atoms with E-state index in [1.165, 1.54) is 0 Å². The van der Waals surface area contributed by atoms with Crippen LogP contribution in [0.1, 0.15) is 32.1 Å². The van der Waals surface area contributed by atoms with E-state index in [1.807, 2.05) is 0 Å². The number of ether oxygens (including phenoxy) is 1. The summed E-state index contributed by atoms with van der Waals surface area (Å²) in [5, 5.41) is 3.07. The molecule has 0 saturated carbocycles. The molecule has 0 spiro atoms. The van der Waals surface area contributed by atoms with E-state index in [9.17, 15) is 9.18 Å². The van der Waals surface area contributed by atoms with Gasteiger partial charge in [-0.3, -0.25) is 0 Å². The van der Waals surface area contributed by atoms with Gasteiger partial charge < -0.3 is 14.8 Å². The first-order valence-electron chi connectivity index (χ1n) is 5.71. The van der Waals surface area contributed by atoms with Crippen LogP contribution in [0.5, 0.6) is 0 Å². The van der Waals surface area contributed by atoms with E-state index in [2.05, 4.69) is 5.32 Å². The largest absolute Gasteiger partial charge is 0.380 e. The van der Waals surface area contributed by atoms with E-state index in [4.69, 9.17) is 4.74 Å². The molecule has 1 fully saturated rings. The zero-order chi connectivity index (χ0) is 10.9. The fourth-order valence-electron chi connectivity index (χ4n) is 1.73. The Hall–Kier alpha value is -0.480. The van der Waals surface area contributed by atoms with Gasteiger partial charge in [0.15, 0.2) is 0 Å². The van der Waals surface area contributed by atoms with Crippen LogP contribution >= 0.6 is 0 Å². The van der Waals surface area contributed by atoms with Crippen LogP contribution in [0.25, 0.3) is 0 Å². The molecule has 0 unspecified atom stereocenters. The van der Waals surface area contributed by atoms with Crippen molar-refractivity contribution in [2.45, 2.75) is 44.3 Å². The second-order valence-corrected chi connectivity index (χ2v) is 4.03. The standard InChI is InChI=1S/C11H20FNO2/c12-10-7-11(13-8-10)9-15-6-4-2-1-3-5-14/h5,10-11,13H,1-4,6-9H2/t10-,11-/m0/s1. The summed E-state index contributed by atoms with van der Waals surface area (Å²) in [6, 6.07) is 0.190. The highest BCUT2D eigenvalue weighted by Crippen LogP contribution is 2.10. The van der Waals surface area contributed by atoms with E-state index in [0.29, 0.717) is 32.6 Å². The molecule has 0 aliphatic carbocycles. The summed E-state index contributed by atoms with van der Waals surface area (Å²) in [6.07, 6.45) is 4.43. The summed E-state index contributed by atoms with van der Waals surface area (Å²) in [5.74, 6) is 0. The second-order valence-electron chi connectivity index (χ2n) is 4.03. The molecule has 15 heavy (non-hydrogen) atoms. The smallest absolute Gasteiger partial charge is 0.119 e. The molecule has 0 aromatic heterocycles. The van der Waals surface area contributed by atoms with Gasteiger partial charge in [-0.2, -0.15) is 0 Å². The van der Waals surface area contributed by atoms with Crippen molar-refractivity contribution in [3.8, 4) is 0 Å². The third kappa shape index (κ3) is 5.85. The van der Waals surface area contributed by atoms with Crippen molar-refractivity contribution in [1.29, 1.82) is 0 Å². The van der Waals surface area contributed by atoms with Crippen molar-refractivity contribution in [2.75, 3.05) is 19.8 Å². The van der Waals surface area contributed by atoms with Gasteiger partial charge in [-0.25, -0.2) is 4.39 Å². The molecule has 1 aliphatic heterocycles. The van der Waals surface area contributed by atoms with Crippen LogP contribution in [0.15, 0.2) is 0 Å². The van der Waals surface area contributed by atoms with Gasteiger partial charge in [-0.05, 0) is 19.3 Å². The lowest BCUT2D eigenvalue weighted by Gasteiger charge is -2.10. The monoisotopic (exact) mass is 217 g/mol. The molecular formula is C11H20FNO2. The maximum absolute atomic E-state index is 12.7. The van der Waals surface area contributed by atoms with Gasteiger partial charge in [-0.15, -0.1) is 0 Å². The Labute approximate surface area is 90.4 Å². The molecule has 2 atom stereocenters. The van der Waals surface area contributed by atoms with Crippen LogP contribution in [0, 0.1) is 0 Å². The molecule has 1 aliphatic rings. The molecule has 1 N–H and O–H groups in total. The lowest BCUT2D eigenvalue weighted by molar-refractivity contribution is -0.107. The number of rotatable bonds is 8. The molecule has 0 bridgehead atoms. The summed E-state index contributed by atoms with van der Waals surface area (Å²) in [6.45, 7) is 1.79. The Balaban J connectivity index is 1.82. The third-order valence-electron chi connectivity index (χ3n) is 2.60. The number of unbranched alkanes of at least 4 members (excludes halogenated alkanes) is 3. The number of alkyl halides is 1. The number of halogens is 1. The summed E-state index contributed by atoms with van der Waals surface area (Å²) in [7, 11) is 0. The van der Waals surface area contributed by atoms with E-state index in [1.54, 1.807) is 0 Å². The molecule has 0 aromatic carbocycles. The number of carbonyl (C=O) groups is 1. The summed E-state index contributed by atoms with van der Waals surface area (Å²) < 4.78 is 18.2. The SMILES string of the molecule is O=CCCCCCOC[C@@H]1C[C@H](F)CN1. The van der Waals surface area contributed by atoms with Crippen LogP contribution in [-0.4, -0.2) is 38.3 Å². The van der Waals surface area contributed by atoms with Crippen LogP contribution in [0.4, 0.5) is 4.39 Å². The first-order chi connectivity index (χ1) is 7.33. The average molecular weight is 217 g/mol. The maximum atomic E-state index is 12.7. The van der Waals surface area contributed by atoms with Crippen molar-refractivity contribution in [3.63, 3.8) is 0 Å². The summed E-state index contributed by atoms with van der Waals surface area (Å²) in [5.41, 5.74) is 0. The van der Waals surface area contributed by atoms with Crippen LogP contribution < -0.4 is 5.32 Å². The Bertz CT molecular complexity index is 178. The molecule has 0 radical (unpaired) electrons. The van der Waals surface area contributed by atoms with Gasteiger partial charge in [0.1, 0.15) is 12.5 Å². The molecule has 1 saturated heterocycles. The molecule has 1 heterocycles. The van der Waals surface area contributed by atoms with Gasteiger partial charge >= 0.3 is 0 Å². The van der Waals surface area contributed by atoms with Crippen molar-refractivity contribution >= 4 is 6.29 Å². The number of hydrogen-bond acceptors (Lipinski definition) is 3. The first-order valence-corrected chi connectivity index (χ1v) is 5.71. The first kappa shape index (κ1) is 12.6. The minimum atomic E-state index is -0.703. The summed E-state index contributed by atoms with van der Waals surface area (Å²) >= 11 is 0. The van der Waals surface area contributed by atoms with Gasteiger partial charge in [0.2, 0.25) is 0 Å². The van der Waals surface area contributed by atoms with E-state index >= 15 is 0 Å². The quantitative estimate of drug-likeness (QED) is 0.494. The Morgan fingerprint density at radius 1 is 1.40 bits per heavy atom. The molecule has 4 heteroatoms. The topological polar surface area (TPSA) is 38.3 Å². The van der Waals surface area contributed by atoms with Crippen LogP contribution in [0.2, 0.25) is 0 Å². The van der Waals surface area contributed by atoms with Crippen LogP contribution in [0.3, 0.4) is 0 Å². The predicted octanol–water partition coefficient (Wildman–Crippen LogP) is 1.46. The number of carbonyl (C=O) groups excluding carboxylic acids is 1. The molecular weight excluding hydrogens is 197 g/mol. The maximum Gasteiger partial charge on any atom is 0.119 e. The zero-order valence-corrected chi connectivity index (χ0v) is 9.08. The minimum Gasteiger partial charge on any atom is -0.380 e. The lowest BCUT2D eigenvalue weighted by Crippen LogP contribution is -2.26. The van der Waals surface area contributed by atoms with Crippen molar-refractivity contribution < 1.29 is 13.9 Å². The summed E-state index contributed by atoms with van der Waals surface area (Å²) in [4.78, 5) is 10.0. The highest BCUT2D eigenvalue weighted by molar-refractivity contribution is 5.48. The van der Waals surface area contributed by atoms with E-state index < -0.39 is 6.17 Å². The number of hydrogen-bond donors (Lipinski definition) is 1. The van der Waals surface area contributed by atoms with Gasteiger partial charge in [0.25, 0.3) is 0 Å². The van der Waals surface area contributed by atoms with Gasteiger partial charge in [-0.1, -0.05) is 6.42 Å². The highest BCUT2D eigenvalue weighted by Gasteiger charge is 2.22. The Morgan fingerprint density at radius 3 is 2.93 bits per heavy atom. The predicted molar refractivity (Wildman–Crippen MR) is 56.7 cm³/mol. The fourth-order valence-corrected chi connectivity index (χ4v) is 1.73. The highest BCUT2D eigenvalue weighted by atomic mass is 19.1. The molecule has 1 rings (SSSR count). The second kappa shape index (κ2) is 7.77. The minimum absolute atomic E-state index is 0.190. The zero-order valence-electron chi connectivity index (χ0n) is 9.08. The van der Waals surface area contributed by atoms with Crippen LogP contribution in [-0.2, 0) is 9.53 Å². The van der Waals surface area contributed by atoms with Gasteiger partial charge in [0, 0.05) is 25.6 Å². The van der Waals surface area contributed by atoms with E-state index in [0.717, 1.165) is 25.5 Å². The average Bonchev–Trinajstić information content (AvgIpc) is 2.63. The van der Waals surface area contributed by atoms with E-state index in [-0.39, 0.29) is 6.04 Å². The van der Waals surface area contributed by atoms with Gasteiger partial charge in [0.05, 0.1) is 6.61 Å².